The van der Waals surface area contributed by atoms with Crippen molar-refractivity contribution >= 4 is 71.1 Å². The van der Waals surface area contributed by atoms with Gasteiger partial charge in [0.1, 0.15) is 0 Å². The number of carboxylic acid groups (broad SMARTS) is 2. The van der Waals surface area contributed by atoms with E-state index in [1.54, 1.807) is 0 Å². The summed E-state index contributed by atoms with van der Waals surface area (Å²) in [5.41, 5.74) is 0. The molecule has 0 spiro atoms. The Morgan fingerprint density at radius 2 is 1.53 bits per heavy atom. The predicted octanol–water partition coefficient (Wildman–Crippen LogP) is -0.991. The van der Waals surface area contributed by atoms with Crippen LogP contribution in [0, 0.1) is 0 Å². The van der Waals surface area contributed by atoms with Crippen LogP contribution < -0.4 is 5.32 Å². The van der Waals surface area contributed by atoms with Gasteiger partial charge in [-0.3, -0.25) is 9.59 Å². The Morgan fingerprint density at radius 3 is 2.00 bits per heavy atom. The van der Waals surface area contributed by atoms with Crippen molar-refractivity contribution in [2.24, 2.45) is 0 Å². The van der Waals surface area contributed by atoms with Gasteiger partial charge in [0, 0.05) is 6.42 Å². The van der Waals surface area contributed by atoms with E-state index in [0.29, 0.717) is 13.0 Å². The first kappa shape index (κ1) is 21.2. The third-order valence-corrected chi connectivity index (χ3v) is 1.52. The SMILES string of the molecule is O=C(O)CCCCCNCC(=O)O.[NaH].[NaH]. The van der Waals surface area contributed by atoms with Crippen molar-refractivity contribution in [1.29, 1.82) is 0 Å². The Labute approximate surface area is 134 Å². The van der Waals surface area contributed by atoms with Gasteiger partial charge < -0.3 is 15.5 Å². The summed E-state index contributed by atoms with van der Waals surface area (Å²) in [5.74, 6) is -1.65. The van der Waals surface area contributed by atoms with E-state index >= 15 is 0 Å². The molecule has 0 amide bonds. The molecule has 0 unspecified atom stereocenters. The zero-order valence-corrected chi connectivity index (χ0v) is 7.45. The molecule has 80 valence electrons. The zero-order chi connectivity index (χ0) is 10.1. The number of nitrogens with one attached hydrogen (secondary N) is 1. The first-order valence-electron chi connectivity index (χ1n) is 4.27. The van der Waals surface area contributed by atoms with Gasteiger partial charge in [-0.05, 0) is 19.4 Å². The summed E-state index contributed by atoms with van der Waals surface area (Å²) in [6, 6.07) is 0. The van der Waals surface area contributed by atoms with Gasteiger partial charge in [-0.1, -0.05) is 6.42 Å². The van der Waals surface area contributed by atoms with Crippen molar-refractivity contribution in [2.75, 3.05) is 13.1 Å². The molecule has 0 fully saturated rings. The first-order valence-corrected chi connectivity index (χ1v) is 4.27. The van der Waals surface area contributed by atoms with E-state index in [9.17, 15) is 9.59 Å². The summed E-state index contributed by atoms with van der Waals surface area (Å²) in [4.78, 5) is 20.1. The number of rotatable bonds is 8. The van der Waals surface area contributed by atoms with Crippen LogP contribution in [0.2, 0.25) is 0 Å². The van der Waals surface area contributed by atoms with Gasteiger partial charge in [0.15, 0.2) is 0 Å². The fourth-order valence-electron chi connectivity index (χ4n) is 0.898. The van der Waals surface area contributed by atoms with Gasteiger partial charge in [0.2, 0.25) is 0 Å². The molecule has 15 heavy (non-hydrogen) atoms. The summed E-state index contributed by atoms with van der Waals surface area (Å²) < 4.78 is 0. The van der Waals surface area contributed by atoms with E-state index in [1.165, 1.54) is 0 Å². The maximum atomic E-state index is 10.1. The molecule has 0 heterocycles. The summed E-state index contributed by atoms with van der Waals surface area (Å²) in [6.45, 7) is 0.602. The van der Waals surface area contributed by atoms with E-state index in [0.717, 1.165) is 12.8 Å². The van der Waals surface area contributed by atoms with Crippen molar-refractivity contribution in [3.63, 3.8) is 0 Å². The summed E-state index contributed by atoms with van der Waals surface area (Å²) in [6.07, 6.45) is 2.49. The van der Waals surface area contributed by atoms with Crippen LogP contribution in [-0.2, 0) is 9.59 Å². The molecule has 7 heteroatoms. The average Bonchev–Trinajstić information content (AvgIpc) is 2.01. The molecule has 0 aliphatic rings. The Hall–Kier alpha value is 0.900. The van der Waals surface area contributed by atoms with Crippen LogP contribution >= 0.6 is 0 Å². The zero-order valence-electron chi connectivity index (χ0n) is 7.45. The third-order valence-electron chi connectivity index (χ3n) is 1.52. The molecule has 5 nitrogen and oxygen atoms in total. The predicted molar refractivity (Wildman–Crippen MR) is 60.9 cm³/mol. The number of hydrogen-bond donors (Lipinski definition) is 3. The number of carboxylic acids is 2. The fourth-order valence-corrected chi connectivity index (χ4v) is 0.898. The first-order chi connectivity index (χ1) is 6.13. The van der Waals surface area contributed by atoms with E-state index in [4.69, 9.17) is 10.2 Å². The normalized spacial score (nSPS) is 8.53. The Kier molecular flexibility index (Phi) is 21.1. The van der Waals surface area contributed by atoms with Crippen molar-refractivity contribution in [1.82, 2.24) is 5.32 Å². The van der Waals surface area contributed by atoms with Crippen molar-refractivity contribution in [3.05, 3.63) is 0 Å². The fraction of sp³-hybridized carbons (Fsp3) is 0.750. The molecule has 0 radical (unpaired) electrons. The van der Waals surface area contributed by atoms with Crippen LogP contribution in [0.3, 0.4) is 0 Å². The van der Waals surface area contributed by atoms with Crippen molar-refractivity contribution < 1.29 is 19.8 Å². The van der Waals surface area contributed by atoms with Crippen LogP contribution in [0.4, 0.5) is 0 Å². The molecular formula is C8H17NNa2O4. The van der Waals surface area contributed by atoms with E-state index in [2.05, 4.69) is 5.32 Å². The Balaban J connectivity index is -0.000000720. The summed E-state index contributed by atoms with van der Waals surface area (Å²) in [5, 5.41) is 19.3. The molecule has 0 saturated carbocycles. The second-order valence-electron chi connectivity index (χ2n) is 2.77. The van der Waals surface area contributed by atoms with Crippen molar-refractivity contribution in [3.8, 4) is 0 Å². The minimum atomic E-state index is -0.870. The number of hydrogen-bond acceptors (Lipinski definition) is 3. The average molecular weight is 237 g/mol. The van der Waals surface area contributed by atoms with Crippen molar-refractivity contribution in [2.45, 2.75) is 25.7 Å². The molecule has 0 saturated heterocycles. The molecule has 0 aromatic carbocycles. The molecule has 0 aromatic heterocycles. The van der Waals surface area contributed by atoms with Gasteiger partial charge in [-0.15, -0.1) is 0 Å². The summed E-state index contributed by atoms with van der Waals surface area (Å²) >= 11 is 0. The standard InChI is InChI=1S/C8H15NO4.2Na.2H/c10-7(11)4-2-1-3-5-9-6-8(12)13;;;;/h9H,1-6H2,(H,10,11)(H,12,13);;;;. The molecule has 3 N–H and O–H groups in total. The minimum absolute atomic E-state index is 0. The van der Waals surface area contributed by atoms with Gasteiger partial charge >= 0.3 is 71.1 Å². The number of carbonyl (C=O) groups is 2. The molecule has 0 rings (SSSR count). The molecule has 0 aliphatic heterocycles. The van der Waals surface area contributed by atoms with Crippen LogP contribution in [0.1, 0.15) is 25.7 Å². The van der Waals surface area contributed by atoms with E-state index in [1.807, 2.05) is 0 Å². The molecule has 0 aliphatic carbocycles. The number of aliphatic carboxylic acids is 2. The van der Waals surface area contributed by atoms with Gasteiger partial charge in [-0.2, -0.15) is 0 Å². The second kappa shape index (κ2) is 14.9. The van der Waals surface area contributed by atoms with Gasteiger partial charge in [-0.25, -0.2) is 0 Å². The van der Waals surface area contributed by atoms with E-state index < -0.39 is 11.9 Å². The van der Waals surface area contributed by atoms with Crippen LogP contribution in [0.25, 0.3) is 0 Å². The monoisotopic (exact) mass is 237 g/mol. The quantitative estimate of drug-likeness (QED) is 0.372. The summed E-state index contributed by atoms with van der Waals surface area (Å²) in [7, 11) is 0. The second-order valence-corrected chi connectivity index (χ2v) is 2.77. The molecule has 0 bridgehead atoms. The number of unbranched alkanes of at least 4 members (excludes halogenated alkanes) is 2. The molecule has 0 atom stereocenters. The Bertz CT molecular complexity index is 160. The topological polar surface area (TPSA) is 86.6 Å². The molecule has 0 aromatic rings. The van der Waals surface area contributed by atoms with Crippen LogP contribution in [0.15, 0.2) is 0 Å². The van der Waals surface area contributed by atoms with Crippen LogP contribution in [-0.4, -0.2) is 94.4 Å². The molecular weight excluding hydrogens is 220 g/mol. The van der Waals surface area contributed by atoms with Gasteiger partial charge in [0.05, 0.1) is 6.54 Å². The third kappa shape index (κ3) is 20.9. The maximum absolute atomic E-state index is 10.1. The van der Waals surface area contributed by atoms with E-state index in [-0.39, 0.29) is 72.1 Å². The van der Waals surface area contributed by atoms with Gasteiger partial charge in [0.25, 0.3) is 0 Å². The van der Waals surface area contributed by atoms with Crippen LogP contribution in [0.5, 0.6) is 0 Å². The Morgan fingerprint density at radius 1 is 0.933 bits per heavy atom.